The van der Waals surface area contributed by atoms with E-state index in [-0.39, 0.29) is 11.8 Å². The van der Waals surface area contributed by atoms with Crippen LogP contribution in [-0.2, 0) is 4.79 Å². The molecule has 0 N–H and O–H groups in total. The number of para-hydroxylation sites is 1. The van der Waals surface area contributed by atoms with Crippen molar-refractivity contribution >= 4 is 39.3 Å². The number of thioether (sulfide) groups is 1. The molecule has 27 heavy (non-hydrogen) atoms. The predicted octanol–water partition coefficient (Wildman–Crippen LogP) is 2.90. The van der Waals surface area contributed by atoms with Crippen LogP contribution in [0.4, 0.5) is 5.69 Å². The standard InChI is InChI=1S/C19H15BrN4O2S/c1-11(25)23-15-6-4-3-5-14(15)16-17(26)21-19(27-2)22-24(16)18(23)12-7-9-13(20)10-8-12/h3-10,18H,1-2H3. The van der Waals surface area contributed by atoms with Crippen LogP contribution in [0.15, 0.2) is 58.2 Å². The number of hydrogen-bond donors (Lipinski definition) is 0. The van der Waals surface area contributed by atoms with Crippen LogP contribution in [0.3, 0.4) is 0 Å². The number of benzene rings is 2. The minimum Gasteiger partial charge on any atom is -0.854 e. The second kappa shape index (κ2) is 6.94. The quantitative estimate of drug-likeness (QED) is 0.450. The van der Waals surface area contributed by atoms with Gasteiger partial charge in [0.05, 0.1) is 17.1 Å². The van der Waals surface area contributed by atoms with E-state index in [1.54, 1.807) is 9.58 Å². The monoisotopic (exact) mass is 442 g/mol. The van der Waals surface area contributed by atoms with Gasteiger partial charge in [0.15, 0.2) is 0 Å². The van der Waals surface area contributed by atoms with E-state index in [9.17, 15) is 9.90 Å². The average molecular weight is 443 g/mol. The number of nitrogens with zero attached hydrogens (tertiary/aromatic N) is 4. The number of halogens is 1. The number of amides is 1. The predicted molar refractivity (Wildman–Crippen MR) is 104 cm³/mol. The van der Waals surface area contributed by atoms with Crippen LogP contribution < -0.4 is 14.7 Å². The molecule has 0 aliphatic carbocycles. The fraction of sp³-hybridized carbons (Fsp3) is 0.158. The SMILES string of the molecule is CSc1nc([O-])c2[n+](n1)C(c1ccc(Br)cc1)N(C(C)=O)c1ccccc1-2. The zero-order valence-corrected chi connectivity index (χ0v) is 17.0. The number of hydrogen-bond acceptors (Lipinski definition) is 5. The van der Waals surface area contributed by atoms with Crippen molar-refractivity contribution in [1.82, 2.24) is 10.1 Å². The number of anilines is 1. The van der Waals surface area contributed by atoms with Crippen LogP contribution in [0.2, 0.25) is 0 Å². The average Bonchev–Trinajstić information content (AvgIpc) is 2.67. The van der Waals surface area contributed by atoms with Crippen molar-refractivity contribution in [3.05, 3.63) is 58.6 Å². The van der Waals surface area contributed by atoms with Gasteiger partial charge in [-0.1, -0.05) is 44.5 Å². The van der Waals surface area contributed by atoms with E-state index in [1.165, 1.54) is 18.7 Å². The first-order valence-electron chi connectivity index (χ1n) is 8.21. The summed E-state index contributed by atoms with van der Waals surface area (Å²) in [5.41, 5.74) is 2.56. The number of carbonyl (C=O) groups excluding carboxylic acids is 1. The van der Waals surface area contributed by atoms with Gasteiger partial charge in [-0.2, -0.15) is 0 Å². The lowest BCUT2D eigenvalue weighted by Gasteiger charge is -2.32. The van der Waals surface area contributed by atoms with Gasteiger partial charge in [0.25, 0.3) is 17.0 Å². The molecule has 0 bridgehead atoms. The number of aromatic nitrogens is 3. The third kappa shape index (κ3) is 2.98. The van der Waals surface area contributed by atoms with E-state index in [2.05, 4.69) is 26.0 Å². The summed E-state index contributed by atoms with van der Waals surface area (Å²) in [4.78, 5) is 18.4. The zero-order chi connectivity index (χ0) is 19.1. The minimum absolute atomic E-state index is 0.134. The van der Waals surface area contributed by atoms with Crippen molar-refractivity contribution in [3.8, 4) is 17.1 Å². The molecule has 1 unspecified atom stereocenters. The van der Waals surface area contributed by atoms with E-state index < -0.39 is 6.17 Å². The molecule has 1 aliphatic heterocycles. The molecule has 0 saturated heterocycles. The van der Waals surface area contributed by atoms with E-state index in [4.69, 9.17) is 0 Å². The zero-order valence-electron chi connectivity index (χ0n) is 14.6. The fourth-order valence-electron chi connectivity index (χ4n) is 3.30. The molecular formula is C19H15BrN4O2S. The van der Waals surface area contributed by atoms with Crippen LogP contribution >= 0.6 is 27.7 Å². The van der Waals surface area contributed by atoms with Crippen molar-refractivity contribution in [2.75, 3.05) is 11.2 Å². The van der Waals surface area contributed by atoms with Gasteiger partial charge < -0.3 is 5.11 Å². The summed E-state index contributed by atoms with van der Waals surface area (Å²) in [6.45, 7) is 1.52. The highest BCUT2D eigenvalue weighted by molar-refractivity contribution is 9.10. The second-order valence-electron chi connectivity index (χ2n) is 6.03. The Hall–Kier alpha value is -2.45. The van der Waals surface area contributed by atoms with E-state index >= 15 is 0 Å². The molecule has 2 aromatic carbocycles. The highest BCUT2D eigenvalue weighted by atomic mass is 79.9. The Labute approximate surface area is 169 Å². The largest absolute Gasteiger partial charge is 0.854 e. The highest BCUT2D eigenvalue weighted by Crippen LogP contribution is 2.40. The maximum atomic E-state index is 12.8. The molecule has 136 valence electrons. The van der Waals surface area contributed by atoms with E-state index in [0.717, 1.165) is 10.0 Å². The molecule has 1 aromatic heterocycles. The molecule has 0 fully saturated rings. The smallest absolute Gasteiger partial charge is 0.293 e. The number of rotatable bonds is 2. The molecule has 0 spiro atoms. The van der Waals surface area contributed by atoms with Crippen LogP contribution in [-0.4, -0.2) is 22.2 Å². The van der Waals surface area contributed by atoms with Crippen molar-refractivity contribution in [2.24, 2.45) is 0 Å². The Morgan fingerprint density at radius 2 is 1.93 bits per heavy atom. The fourth-order valence-corrected chi connectivity index (χ4v) is 3.90. The lowest BCUT2D eigenvalue weighted by Crippen LogP contribution is -2.58. The highest BCUT2D eigenvalue weighted by Gasteiger charge is 2.43. The molecule has 1 amide bonds. The Morgan fingerprint density at radius 1 is 1.22 bits per heavy atom. The van der Waals surface area contributed by atoms with Crippen LogP contribution in [0.25, 0.3) is 11.3 Å². The van der Waals surface area contributed by atoms with Crippen molar-refractivity contribution in [1.29, 1.82) is 0 Å². The van der Waals surface area contributed by atoms with Crippen LogP contribution in [0.5, 0.6) is 5.88 Å². The maximum absolute atomic E-state index is 12.8. The lowest BCUT2D eigenvalue weighted by atomic mass is 10.0. The van der Waals surface area contributed by atoms with Gasteiger partial charge in [0, 0.05) is 22.1 Å². The van der Waals surface area contributed by atoms with Crippen molar-refractivity contribution in [3.63, 3.8) is 0 Å². The Bertz CT molecular complexity index is 1040. The molecule has 8 heteroatoms. The number of fused-ring (bicyclic) bond motifs is 3. The van der Waals surface area contributed by atoms with Gasteiger partial charge >= 0.3 is 0 Å². The summed E-state index contributed by atoms with van der Waals surface area (Å²) in [5.74, 6) is -0.489. The van der Waals surface area contributed by atoms with Gasteiger partial charge in [-0.05, 0) is 42.7 Å². The van der Waals surface area contributed by atoms with Gasteiger partial charge in [0.1, 0.15) is 0 Å². The molecule has 3 aromatic rings. The van der Waals surface area contributed by atoms with Gasteiger partial charge in [-0.15, -0.1) is 0 Å². The third-order valence-electron chi connectivity index (χ3n) is 4.41. The molecular weight excluding hydrogens is 428 g/mol. The maximum Gasteiger partial charge on any atom is 0.293 e. The van der Waals surface area contributed by atoms with Gasteiger partial charge in [-0.25, -0.2) is 9.88 Å². The Balaban J connectivity index is 2.07. The Morgan fingerprint density at radius 3 is 2.59 bits per heavy atom. The molecule has 6 nitrogen and oxygen atoms in total. The number of carbonyl (C=O) groups is 1. The summed E-state index contributed by atoms with van der Waals surface area (Å²) < 4.78 is 2.55. The lowest BCUT2D eigenvalue weighted by molar-refractivity contribution is -0.764. The van der Waals surface area contributed by atoms with Gasteiger partial charge in [-0.3, -0.25) is 4.79 Å². The van der Waals surface area contributed by atoms with Crippen LogP contribution in [0, 0.1) is 0 Å². The van der Waals surface area contributed by atoms with E-state index in [1.807, 2.05) is 54.8 Å². The summed E-state index contributed by atoms with van der Waals surface area (Å²) in [7, 11) is 0. The first-order valence-corrected chi connectivity index (χ1v) is 10.2. The second-order valence-corrected chi connectivity index (χ2v) is 7.72. The molecule has 4 rings (SSSR count). The molecule has 0 radical (unpaired) electrons. The van der Waals surface area contributed by atoms with Crippen molar-refractivity contribution < 1.29 is 14.6 Å². The molecule has 1 aliphatic rings. The topological polar surface area (TPSA) is 73.0 Å². The normalized spacial score (nSPS) is 15.2. The first-order chi connectivity index (χ1) is 13.0. The summed E-state index contributed by atoms with van der Waals surface area (Å²) >= 11 is 4.73. The summed E-state index contributed by atoms with van der Waals surface area (Å²) in [6.07, 6.45) is 1.25. The summed E-state index contributed by atoms with van der Waals surface area (Å²) in [6, 6.07) is 15.0. The van der Waals surface area contributed by atoms with Crippen LogP contribution in [0.1, 0.15) is 18.7 Å². The first kappa shape index (κ1) is 17.9. The summed E-state index contributed by atoms with van der Waals surface area (Å²) in [5, 5.41) is 17.8. The van der Waals surface area contributed by atoms with Gasteiger partial charge in [0.2, 0.25) is 5.91 Å². The molecule has 1 atom stereocenters. The minimum atomic E-state index is -0.568. The van der Waals surface area contributed by atoms with Crippen molar-refractivity contribution in [2.45, 2.75) is 18.2 Å². The van der Waals surface area contributed by atoms with E-state index in [0.29, 0.717) is 22.1 Å². The molecule has 0 saturated carbocycles. The third-order valence-corrected chi connectivity index (χ3v) is 5.47. The molecule has 2 heterocycles. The Kier molecular flexibility index (Phi) is 4.61.